The summed E-state index contributed by atoms with van der Waals surface area (Å²) in [5.74, 6) is 2.30. The molecule has 0 atom stereocenters. The largest absolute Gasteiger partial charge is 0.493 e. The molecule has 6 heteroatoms. The SMILES string of the molecule is COc1cc2c(cc1OC)CN(C(=O)NCCOc1c(C)cccc1C)CC2. The van der Waals surface area contributed by atoms with E-state index in [0.29, 0.717) is 32.0 Å². The van der Waals surface area contributed by atoms with Crippen molar-refractivity contribution < 1.29 is 19.0 Å². The topological polar surface area (TPSA) is 60.0 Å². The number of hydrogen-bond donors (Lipinski definition) is 1. The molecule has 0 saturated heterocycles. The molecule has 2 aromatic carbocycles. The van der Waals surface area contributed by atoms with Crippen LogP contribution in [0.25, 0.3) is 0 Å². The van der Waals surface area contributed by atoms with E-state index in [2.05, 4.69) is 5.32 Å². The summed E-state index contributed by atoms with van der Waals surface area (Å²) in [6.07, 6.45) is 0.794. The number of para-hydroxylation sites is 1. The quantitative estimate of drug-likeness (QED) is 0.775. The van der Waals surface area contributed by atoms with E-state index in [1.54, 1.807) is 14.2 Å². The second kappa shape index (κ2) is 8.87. The Labute approximate surface area is 166 Å². The fraction of sp³-hybridized carbons (Fsp3) is 0.409. The number of urea groups is 1. The van der Waals surface area contributed by atoms with Gasteiger partial charge in [-0.05, 0) is 54.7 Å². The van der Waals surface area contributed by atoms with Crippen molar-refractivity contribution in [1.29, 1.82) is 0 Å². The van der Waals surface area contributed by atoms with Crippen molar-refractivity contribution in [3.05, 3.63) is 52.6 Å². The number of hydrogen-bond acceptors (Lipinski definition) is 4. The maximum Gasteiger partial charge on any atom is 0.317 e. The van der Waals surface area contributed by atoms with E-state index in [-0.39, 0.29) is 6.03 Å². The van der Waals surface area contributed by atoms with Crippen LogP contribution in [0, 0.1) is 13.8 Å². The Morgan fingerprint density at radius 1 is 1.07 bits per heavy atom. The molecule has 0 aromatic heterocycles. The van der Waals surface area contributed by atoms with E-state index in [4.69, 9.17) is 14.2 Å². The maximum atomic E-state index is 12.5. The van der Waals surface area contributed by atoms with Crippen LogP contribution in [0.2, 0.25) is 0 Å². The molecule has 0 saturated carbocycles. The summed E-state index contributed by atoms with van der Waals surface area (Å²) in [4.78, 5) is 14.3. The molecule has 0 aliphatic carbocycles. The molecular weight excluding hydrogens is 356 g/mol. The zero-order valence-corrected chi connectivity index (χ0v) is 17.0. The van der Waals surface area contributed by atoms with Gasteiger partial charge in [-0.25, -0.2) is 4.79 Å². The first-order valence-corrected chi connectivity index (χ1v) is 9.49. The van der Waals surface area contributed by atoms with Crippen LogP contribution in [0.5, 0.6) is 17.2 Å². The average Bonchev–Trinajstić information content (AvgIpc) is 2.71. The minimum absolute atomic E-state index is 0.0782. The molecule has 1 heterocycles. The van der Waals surface area contributed by atoms with Crippen LogP contribution in [0.4, 0.5) is 4.79 Å². The first-order chi connectivity index (χ1) is 13.5. The highest BCUT2D eigenvalue weighted by atomic mass is 16.5. The second-order valence-corrected chi connectivity index (χ2v) is 6.95. The summed E-state index contributed by atoms with van der Waals surface area (Å²) in [7, 11) is 3.25. The zero-order chi connectivity index (χ0) is 20.1. The number of benzene rings is 2. The Morgan fingerprint density at radius 2 is 1.71 bits per heavy atom. The fourth-order valence-corrected chi connectivity index (χ4v) is 3.51. The van der Waals surface area contributed by atoms with Gasteiger partial charge in [-0.1, -0.05) is 18.2 Å². The van der Waals surface area contributed by atoms with Gasteiger partial charge in [0.25, 0.3) is 0 Å². The van der Waals surface area contributed by atoms with Crippen LogP contribution in [0.1, 0.15) is 22.3 Å². The lowest BCUT2D eigenvalue weighted by molar-refractivity contribution is 0.189. The number of rotatable bonds is 6. The van der Waals surface area contributed by atoms with Gasteiger partial charge in [0, 0.05) is 13.1 Å². The molecule has 150 valence electrons. The van der Waals surface area contributed by atoms with Gasteiger partial charge in [-0.15, -0.1) is 0 Å². The van der Waals surface area contributed by atoms with E-state index in [9.17, 15) is 4.79 Å². The Kier molecular flexibility index (Phi) is 6.29. The van der Waals surface area contributed by atoms with Crippen LogP contribution in [0.3, 0.4) is 0 Å². The van der Waals surface area contributed by atoms with Gasteiger partial charge in [0.1, 0.15) is 12.4 Å². The molecule has 0 radical (unpaired) electrons. The Morgan fingerprint density at radius 3 is 2.36 bits per heavy atom. The van der Waals surface area contributed by atoms with Crippen molar-refractivity contribution in [1.82, 2.24) is 10.2 Å². The zero-order valence-electron chi connectivity index (χ0n) is 17.0. The number of ether oxygens (including phenoxy) is 3. The molecule has 0 bridgehead atoms. The third-order valence-electron chi connectivity index (χ3n) is 5.04. The average molecular weight is 384 g/mol. The predicted octanol–water partition coefficient (Wildman–Crippen LogP) is 3.47. The summed E-state index contributed by atoms with van der Waals surface area (Å²) in [6.45, 7) is 6.17. The molecule has 0 unspecified atom stereocenters. The normalized spacial score (nSPS) is 12.9. The molecule has 2 amide bonds. The van der Waals surface area contributed by atoms with E-state index < -0.39 is 0 Å². The van der Waals surface area contributed by atoms with Crippen LogP contribution in [-0.2, 0) is 13.0 Å². The monoisotopic (exact) mass is 384 g/mol. The number of aryl methyl sites for hydroxylation is 2. The van der Waals surface area contributed by atoms with Crippen LogP contribution < -0.4 is 19.5 Å². The van der Waals surface area contributed by atoms with Crippen molar-refractivity contribution >= 4 is 6.03 Å². The lowest BCUT2D eigenvalue weighted by Gasteiger charge is -2.29. The summed E-state index contributed by atoms with van der Waals surface area (Å²) >= 11 is 0. The highest BCUT2D eigenvalue weighted by Crippen LogP contribution is 2.33. The number of carbonyl (C=O) groups is 1. The molecule has 0 spiro atoms. The molecule has 1 aliphatic rings. The van der Waals surface area contributed by atoms with E-state index in [1.165, 1.54) is 5.56 Å². The molecular formula is C22H28N2O4. The van der Waals surface area contributed by atoms with Crippen LogP contribution >= 0.6 is 0 Å². The number of amides is 2. The fourth-order valence-electron chi connectivity index (χ4n) is 3.51. The van der Waals surface area contributed by atoms with Crippen molar-refractivity contribution in [2.75, 3.05) is 33.9 Å². The number of fused-ring (bicyclic) bond motifs is 1. The Hall–Kier alpha value is -2.89. The van der Waals surface area contributed by atoms with Gasteiger partial charge in [0.2, 0.25) is 0 Å². The lowest BCUT2D eigenvalue weighted by atomic mass is 9.99. The minimum Gasteiger partial charge on any atom is -0.493 e. The molecule has 3 rings (SSSR count). The standard InChI is InChI=1S/C22H28N2O4/c1-15-6-5-7-16(2)21(15)28-11-9-23-22(25)24-10-8-17-12-19(26-3)20(27-4)13-18(17)14-24/h5-7,12-13H,8-11,14H2,1-4H3,(H,23,25). The summed E-state index contributed by atoms with van der Waals surface area (Å²) in [5, 5.41) is 2.95. The van der Waals surface area contributed by atoms with E-state index >= 15 is 0 Å². The molecule has 1 N–H and O–H groups in total. The van der Waals surface area contributed by atoms with Gasteiger partial charge in [-0.3, -0.25) is 0 Å². The van der Waals surface area contributed by atoms with Crippen molar-refractivity contribution in [3.8, 4) is 17.2 Å². The predicted molar refractivity (Wildman–Crippen MR) is 108 cm³/mol. The van der Waals surface area contributed by atoms with Gasteiger partial charge >= 0.3 is 6.03 Å². The van der Waals surface area contributed by atoms with Gasteiger partial charge < -0.3 is 24.4 Å². The molecule has 1 aliphatic heterocycles. The third kappa shape index (κ3) is 4.32. The Balaban J connectivity index is 1.53. The van der Waals surface area contributed by atoms with Crippen molar-refractivity contribution in [3.63, 3.8) is 0 Å². The lowest BCUT2D eigenvalue weighted by Crippen LogP contribution is -2.43. The maximum absolute atomic E-state index is 12.5. The summed E-state index contributed by atoms with van der Waals surface area (Å²) < 4.78 is 16.6. The first kappa shape index (κ1) is 19.9. The van der Waals surface area contributed by atoms with Crippen molar-refractivity contribution in [2.24, 2.45) is 0 Å². The van der Waals surface area contributed by atoms with Gasteiger partial charge in [0.15, 0.2) is 11.5 Å². The van der Waals surface area contributed by atoms with Crippen LogP contribution in [-0.4, -0.2) is 44.8 Å². The smallest absolute Gasteiger partial charge is 0.317 e. The molecule has 28 heavy (non-hydrogen) atoms. The van der Waals surface area contributed by atoms with Crippen molar-refractivity contribution in [2.45, 2.75) is 26.8 Å². The van der Waals surface area contributed by atoms with Gasteiger partial charge in [0.05, 0.1) is 20.8 Å². The third-order valence-corrected chi connectivity index (χ3v) is 5.04. The number of nitrogens with zero attached hydrogens (tertiary/aromatic N) is 1. The highest BCUT2D eigenvalue weighted by molar-refractivity contribution is 5.74. The highest BCUT2D eigenvalue weighted by Gasteiger charge is 2.22. The second-order valence-electron chi connectivity index (χ2n) is 6.95. The molecule has 0 fully saturated rings. The summed E-state index contributed by atoms with van der Waals surface area (Å²) in [5.41, 5.74) is 4.48. The summed E-state index contributed by atoms with van der Waals surface area (Å²) in [6, 6.07) is 9.94. The number of carbonyl (C=O) groups excluding carboxylic acids is 1. The molecule has 6 nitrogen and oxygen atoms in total. The minimum atomic E-state index is -0.0782. The first-order valence-electron chi connectivity index (χ1n) is 9.49. The van der Waals surface area contributed by atoms with Crippen LogP contribution in [0.15, 0.2) is 30.3 Å². The molecule has 2 aromatic rings. The van der Waals surface area contributed by atoms with E-state index in [0.717, 1.165) is 34.6 Å². The van der Waals surface area contributed by atoms with Gasteiger partial charge in [-0.2, -0.15) is 0 Å². The van der Waals surface area contributed by atoms with E-state index in [1.807, 2.05) is 49.1 Å². The number of methoxy groups -OCH3 is 2. The Bertz CT molecular complexity index is 830. The number of nitrogens with one attached hydrogen (secondary N) is 1.